The van der Waals surface area contributed by atoms with E-state index in [2.05, 4.69) is 36.4 Å². The van der Waals surface area contributed by atoms with Crippen molar-refractivity contribution in [1.29, 1.82) is 0 Å². The van der Waals surface area contributed by atoms with Crippen LogP contribution in [0.4, 0.5) is 10.5 Å². The van der Waals surface area contributed by atoms with Crippen LogP contribution in [0.3, 0.4) is 0 Å². The molecular formula is C17H22N8O. The van der Waals surface area contributed by atoms with Gasteiger partial charge in [-0.1, -0.05) is 0 Å². The molecule has 2 aromatic heterocycles. The molecule has 0 radical (unpaired) electrons. The molecule has 1 atom stereocenters. The van der Waals surface area contributed by atoms with Crippen LogP contribution in [0.5, 0.6) is 0 Å². The second-order valence-corrected chi connectivity index (χ2v) is 6.44. The maximum Gasteiger partial charge on any atom is 0.319 e. The van der Waals surface area contributed by atoms with Crippen molar-refractivity contribution in [2.45, 2.75) is 40.2 Å². The highest BCUT2D eigenvalue weighted by atomic mass is 16.2. The highest BCUT2D eigenvalue weighted by molar-refractivity contribution is 5.90. The number of H-pyrrole nitrogens is 1. The summed E-state index contributed by atoms with van der Waals surface area (Å²) in [5.41, 5.74) is 5.45. The Balaban J connectivity index is 1.68. The molecule has 0 bridgehead atoms. The molecule has 0 saturated carbocycles. The molecule has 0 aliphatic heterocycles. The van der Waals surface area contributed by atoms with Gasteiger partial charge in [-0.2, -0.15) is 5.10 Å². The lowest BCUT2D eigenvalue weighted by molar-refractivity contribution is 0.249. The molecule has 3 aromatic rings. The molecule has 9 heteroatoms. The van der Waals surface area contributed by atoms with Crippen LogP contribution in [0, 0.1) is 20.8 Å². The van der Waals surface area contributed by atoms with Crippen molar-refractivity contribution >= 4 is 11.7 Å². The summed E-state index contributed by atoms with van der Waals surface area (Å²) in [6, 6.07) is 5.47. The number of aromatic nitrogens is 6. The summed E-state index contributed by atoms with van der Waals surface area (Å²) in [4.78, 5) is 12.4. The zero-order chi connectivity index (χ0) is 18.7. The smallest absolute Gasteiger partial charge is 0.319 e. The van der Waals surface area contributed by atoms with Crippen molar-refractivity contribution in [3.05, 3.63) is 47.0 Å². The minimum atomic E-state index is -0.263. The Labute approximate surface area is 151 Å². The fraction of sp³-hybridized carbons (Fsp3) is 0.353. The SMILES string of the molecule is Cc1cc(CC(C)NC(=O)Nc2cc(-n3cnnn3)cc(C)c2C)n[nH]1. The first-order chi connectivity index (χ1) is 12.4. The molecule has 9 nitrogen and oxygen atoms in total. The van der Waals surface area contributed by atoms with Gasteiger partial charge in [-0.25, -0.2) is 9.48 Å². The molecule has 0 aliphatic carbocycles. The van der Waals surface area contributed by atoms with Crippen molar-refractivity contribution in [3.8, 4) is 5.69 Å². The van der Waals surface area contributed by atoms with Gasteiger partial charge in [0.15, 0.2) is 0 Å². The van der Waals surface area contributed by atoms with Crippen LogP contribution in [0.15, 0.2) is 24.5 Å². The van der Waals surface area contributed by atoms with E-state index in [9.17, 15) is 4.79 Å². The van der Waals surface area contributed by atoms with Crippen LogP contribution in [-0.4, -0.2) is 42.5 Å². The monoisotopic (exact) mass is 354 g/mol. The fourth-order valence-corrected chi connectivity index (χ4v) is 2.71. The summed E-state index contributed by atoms with van der Waals surface area (Å²) >= 11 is 0. The van der Waals surface area contributed by atoms with Crippen molar-refractivity contribution in [1.82, 2.24) is 35.7 Å². The number of amides is 2. The highest BCUT2D eigenvalue weighted by Gasteiger charge is 2.13. The number of urea groups is 1. The summed E-state index contributed by atoms with van der Waals surface area (Å²) in [6.45, 7) is 7.84. The zero-order valence-electron chi connectivity index (χ0n) is 15.2. The first kappa shape index (κ1) is 17.6. The second kappa shape index (κ2) is 7.34. The lowest BCUT2D eigenvalue weighted by Gasteiger charge is -2.16. The van der Waals surface area contributed by atoms with E-state index in [0.717, 1.165) is 33.9 Å². The maximum atomic E-state index is 12.4. The number of aryl methyl sites for hydroxylation is 2. The molecule has 3 rings (SSSR count). The van der Waals surface area contributed by atoms with Gasteiger partial charge in [0.1, 0.15) is 6.33 Å². The number of anilines is 1. The lowest BCUT2D eigenvalue weighted by atomic mass is 10.1. The van der Waals surface area contributed by atoms with E-state index in [-0.39, 0.29) is 12.1 Å². The van der Waals surface area contributed by atoms with Crippen LogP contribution < -0.4 is 10.6 Å². The topological polar surface area (TPSA) is 113 Å². The molecule has 1 aromatic carbocycles. The second-order valence-electron chi connectivity index (χ2n) is 6.44. The maximum absolute atomic E-state index is 12.4. The summed E-state index contributed by atoms with van der Waals surface area (Å²) in [7, 11) is 0. The van der Waals surface area contributed by atoms with Crippen LogP contribution >= 0.6 is 0 Å². The Hall–Kier alpha value is -3.23. The van der Waals surface area contributed by atoms with Gasteiger partial charge in [-0.05, 0) is 67.4 Å². The summed E-state index contributed by atoms with van der Waals surface area (Å²) < 4.78 is 1.55. The van der Waals surface area contributed by atoms with Crippen LogP contribution in [-0.2, 0) is 6.42 Å². The Bertz CT molecular complexity index is 900. The van der Waals surface area contributed by atoms with Crippen molar-refractivity contribution in [3.63, 3.8) is 0 Å². The van der Waals surface area contributed by atoms with Crippen LogP contribution in [0.25, 0.3) is 5.69 Å². The molecule has 2 amide bonds. The van der Waals surface area contributed by atoms with Crippen molar-refractivity contribution < 1.29 is 4.79 Å². The first-order valence-electron chi connectivity index (χ1n) is 8.35. The number of aromatic amines is 1. The standard InChI is InChI=1S/C17H22N8O/c1-10-5-15(25-9-18-23-24-25)8-16(13(10)4)20-17(26)19-11(2)6-14-7-12(3)21-22-14/h5,7-9,11H,6H2,1-4H3,(H,21,22)(H2,19,20,26). The zero-order valence-corrected chi connectivity index (χ0v) is 15.2. The number of hydrogen-bond donors (Lipinski definition) is 3. The summed E-state index contributed by atoms with van der Waals surface area (Å²) in [5.74, 6) is 0. The predicted octanol–water partition coefficient (Wildman–Crippen LogP) is 2.06. The van der Waals surface area contributed by atoms with Gasteiger partial charge >= 0.3 is 6.03 Å². The number of carbonyl (C=O) groups is 1. The van der Waals surface area contributed by atoms with Gasteiger partial charge in [0.25, 0.3) is 0 Å². The largest absolute Gasteiger partial charge is 0.335 e. The van der Waals surface area contributed by atoms with Crippen molar-refractivity contribution in [2.75, 3.05) is 5.32 Å². The quantitative estimate of drug-likeness (QED) is 0.649. The number of rotatable bonds is 5. The minimum Gasteiger partial charge on any atom is -0.335 e. The van der Waals surface area contributed by atoms with Gasteiger partial charge < -0.3 is 10.6 Å². The summed E-state index contributed by atoms with van der Waals surface area (Å²) in [5, 5.41) is 24.1. The number of tetrazole rings is 1. The van der Waals surface area contributed by atoms with E-state index in [1.165, 1.54) is 6.33 Å². The molecule has 136 valence electrons. The molecule has 0 saturated heterocycles. The Morgan fingerprint density at radius 1 is 1.27 bits per heavy atom. The Kier molecular flexibility index (Phi) is 4.97. The Morgan fingerprint density at radius 3 is 2.73 bits per heavy atom. The van der Waals surface area contributed by atoms with E-state index in [1.807, 2.05) is 45.9 Å². The number of carbonyl (C=O) groups excluding carboxylic acids is 1. The van der Waals surface area contributed by atoms with E-state index >= 15 is 0 Å². The lowest BCUT2D eigenvalue weighted by Crippen LogP contribution is -2.37. The third-order valence-corrected chi connectivity index (χ3v) is 4.17. The number of hydrogen-bond acceptors (Lipinski definition) is 5. The average molecular weight is 354 g/mol. The molecular weight excluding hydrogens is 332 g/mol. The van der Waals surface area contributed by atoms with Crippen LogP contribution in [0.2, 0.25) is 0 Å². The van der Waals surface area contributed by atoms with Crippen molar-refractivity contribution in [2.24, 2.45) is 0 Å². The van der Waals surface area contributed by atoms with E-state index in [0.29, 0.717) is 6.42 Å². The third kappa shape index (κ3) is 4.05. The molecule has 0 aliphatic rings. The fourth-order valence-electron chi connectivity index (χ4n) is 2.71. The number of nitrogens with zero attached hydrogens (tertiary/aromatic N) is 5. The molecule has 1 unspecified atom stereocenters. The van der Waals surface area contributed by atoms with Gasteiger partial charge in [-0.15, -0.1) is 5.10 Å². The summed E-state index contributed by atoms with van der Waals surface area (Å²) in [6.07, 6.45) is 2.17. The van der Waals surface area contributed by atoms with E-state index in [4.69, 9.17) is 0 Å². The van der Waals surface area contributed by atoms with Gasteiger partial charge in [0.2, 0.25) is 0 Å². The molecule has 0 fully saturated rings. The predicted molar refractivity (Wildman–Crippen MR) is 97.3 cm³/mol. The van der Waals surface area contributed by atoms with Crippen LogP contribution in [0.1, 0.15) is 29.4 Å². The van der Waals surface area contributed by atoms with Gasteiger partial charge in [0.05, 0.1) is 11.4 Å². The molecule has 26 heavy (non-hydrogen) atoms. The third-order valence-electron chi connectivity index (χ3n) is 4.17. The number of benzene rings is 1. The Morgan fingerprint density at radius 2 is 2.08 bits per heavy atom. The van der Waals surface area contributed by atoms with Gasteiger partial charge in [0, 0.05) is 23.8 Å². The first-order valence-corrected chi connectivity index (χ1v) is 8.35. The highest BCUT2D eigenvalue weighted by Crippen LogP contribution is 2.23. The molecule has 3 N–H and O–H groups in total. The normalized spacial score (nSPS) is 12.0. The minimum absolute atomic E-state index is 0.0539. The van der Waals surface area contributed by atoms with E-state index < -0.39 is 0 Å². The number of nitrogens with one attached hydrogen (secondary N) is 3. The molecule has 0 spiro atoms. The molecule has 2 heterocycles. The van der Waals surface area contributed by atoms with E-state index in [1.54, 1.807) is 4.68 Å². The average Bonchev–Trinajstić information content (AvgIpc) is 3.23. The van der Waals surface area contributed by atoms with Gasteiger partial charge in [-0.3, -0.25) is 5.10 Å².